The topological polar surface area (TPSA) is 46.2 Å². The highest BCUT2D eigenvalue weighted by atomic mass is 32.2. The maximum Gasteiger partial charge on any atom is 0.261 e. The van der Waals surface area contributed by atoms with E-state index in [0.717, 1.165) is 16.2 Å². The van der Waals surface area contributed by atoms with Gasteiger partial charge in [0.2, 0.25) is 0 Å². The van der Waals surface area contributed by atoms with Crippen LogP contribution in [0.5, 0.6) is 0 Å². The van der Waals surface area contributed by atoms with Crippen LogP contribution >= 0.6 is 11.8 Å². The maximum atomic E-state index is 12.5. The molecule has 3 aromatic carbocycles. The average Bonchev–Trinajstić information content (AvgIpc) is 2.61. The van der Waals surface area contributed by atoms with Crippen LogP contribution in [-0.4, -0.2) is 8.42 Å². The third-order valence-electron chi connectivity index (χ3n) is 3.67. The van der Waals surface area contributed by atoms with Crippen molar-refractivity contribution in [3.63, 3.8) is 0 Å². The first-order valence-corrected chi connectivity index (χ1v) is 10.4. The summed E-state index contributed by atoms with van der Waals surface area (Å²) in [4.78, 5) is 1.29. The van der Waals surface area contributed by atoms with Crippen LogP contribution in [0.4, 0.5) is 5.69 Å². The van der Waals surface area contributed by atoms with Gasteiger partial charge in [0.05, 0.1) is 4.90 Å². The van der Waals surface area contributed by atoms with Gasteiger partial charge >= 0.3 is 0 Å². The fraction of sp³-hybridized carbons (Fsp3) is 0.100. The average molecular weight is 370 g/mol. The maximum absolute atomic E-state index is 12.5. The molecule has 0 aromatic heterocycles. The second kappa shape index (κ2) is 7.76. The smallest absolute Gasteiger partial charge is 0.261 e. The van der Waals surface area contributed by atoms with Gasteiger partial charge in [-0.1, -0.05) is 54.1 Å². The van der Waals surface area contributed by atoms with Crippen molar-refractivity contribution in [1.29, 1.82) is 0 Å². The number of anilines is 1. The lowest BCUT2D eigenvalue weighted by molar-refractivity contribution is 0.601. The van der Waals surface area contributed by atoms with Gasteiger partial charge < -0.3 is 0 Å². The number of hydrogen-bond acceptors (Lipinski definition) is 3. The second-order valence-electron chi connectivity index (χ2n) is 5.72. The van der Waals surface area contributed by atoms with E-state index in [9.17, 15) is 8.42 Å². The molecule has 3 nitrogen and oxygen atoms in total. The molecule has 128 valence electrons. The van der Waals surface area contributed by atoms with E-state index >= 15 is 0 Å². The molecule has 0 aliphatic carbocycles. The molecular weight excluding hydrogens is 350 g/mol. The Labute approximate surface area is 153 Å². The van der Waals surface area contributed by atoms with E-state index in [2.05, 4.69) is 16.9 Å². The van der Waals surface area contributed by atoms with Gasteiger partial charge in [-0.25, -0.2) is 8.42 Å². The zero-order valence-electron chi connectivity index (χ0n) is 13.8. The molecule has 1 N–H and O–H groups in total. The quantitative estimate of drug-likeness (QED) is 0.616. The molecule has 0 aliphatic heterocycles. The van der Waals surface area contributed by atoms with E-state index in [-0.39, 0.29) is 4.90 Å². The van der Waals surface area contributed by atoms with Crippen LogP contribution in [0, 0.1) is 6.92 Å². The predicted octanol–water partition coefficient (Wildman–Crippen LogP) is 5.09. The Bertz CT molecular complexity index is 937. The lowest BCUT2D eigenvalue weighted by Gasteiger charge is -2.10. The van der Waals surface area contributed by atoms with Crippen LogP contribution in [0.15, 0.2) is 88.7 Å². The summed E-state index contributed by atoms with van der Waals surface area (Å²) in [6, 6.07) is 24.5. The molecule has 0 bridgehead atoms. The summed E-state index contributed by atoms with van der Waals surface area (Å²) in [6.07, 6.45) is 0. The van der Waals surface area contributed by atoms with Gasteiger partial charge in [-0.3, -0.25) is 4.72 Å². The number of nitrogens with one attached hydrogen (secondary N) is 1. The minimum absolute atomic E-state index is 0.264. The molecule has 0 spiro atoms. The molecule has 0 unspecified atom stereocenters. The Kier molecular flexibility index (Phi) is 5.46. The van der Waals surface area contributed by atoms with Gasteiger partial charge in [-0.05, 0) is 42.8 Å². The van der Waals surface area contributed by atoms with Crippen LogP contribution in [0.1, 0.15) is 11.1 Å². The van der Waals surface area contributed by atoms with E-state index in [1.54, 1.807) is 42.1 Å². The summed E-state index contributed by atoms with van der Waals surface area (Å²) in [7, 11) is -3.57. The minimum Gasteiger partial charge on any atom is -0.280 e. The third-order valence-corrected chi connectivity index (χ3v) is 6.13. The molecule has 0 atom stereocenters. The van der Waals surface area contributed by atoms with Crippen LogP contribution in [-0.2, 0) is 15.8 Å². The fourth-order valence-corrected chi connectivity index (χ4v) is 4.28. The van der Waals surface area contributed by atoms with Gasteiger partial charge in [-0.15, -0.1) is 11.8 Å². The number of aryl methyl sites for hydroxylation is 1. The summed E-state index contributed by atoms with van der Waals surface area (Å²) in [5.41, 5.74) is 2.83. The lowest BCUT2D eigenvalue weighted by atomic mass is 10.2. The van der Waals surface area contributed by atoms with Crippen LogP contribution < -0.4 is 4.72 Å². The molecule has 3 aromatic rings. The zero-order chi connectivity index (χ0) is 17.7. The number of benzene rings is 3. The molecule has 0 heterocycles. The number of sulfonamides is 1. The zero-order valence-corrected chi connectivity index (χ0v) is 15.5. The largest absolute Gasteiger partial charge is 0.280 e. The third kappa shape index (κ3) is 4.87. The highest BCUT2D eigenvalue weighted by molar-refractivity contribution is 7.98. The van der Waals surface area contributed by atoms with Crippen molar-refractivity contribution in [2.45, 2.75) is 22.5 Å². The van der Waals surface area contributed by atoms with Crippen molar-refractivity contribution in [2.75, 3.05) is 4.72 Å². The summed E-state index contributed by atoms with van der Waals surface area (Å²) in [5, 5.41) is 0. The highest BCUT2D eigenvalue weighted by Gasteiger charge is 2.13. The molecule has 5 heteroatoms. The second-order valence-corrected chi connectivity index (χ2v) is 8.45. The van der Waals surface area contributed by atoms with Crippen LogP contribution in [0.25, 0.3) is 0 Å². The van der Waals surface area contributed by atoms with Crippen molar-refractivity contribution >= 4 is 27.5 Å². The Morgan fingerprint density at radius 3 is 2.32 bits per heavy atom. The van der Waals surface area contributed by atoms with E-state index < -0.39 is 10.0 Å². The Morgan fingerprint density at radius 2 is 1.60 bits per heavy atom. The number of rotatable bonds is 6. The van der Waals surface area contributed by atoms with Gasteiger partial charge in [0, 0.05) is 16.3 Å². The van der Waals surface area contributed by atoms with E-state index in [1.165, 1.54) is 5.56 Å². The van der Waals surface area contributed by atoms with E-state index in [4.69, 9.17) is 0 Å². The molecule has 0 aliphatic rings. The summed E-state index contributed by atoms with van der Waals surface area (Å²) < 4.78 is 27.6. The van der Waals surface area contributed by atoms with Crippen molar-refractivity contribution in [3.8, 4) is 0 Å². The normalized spacial score (nSPS) is 11.2. The molecule has 0 fully saturated rings. The van der Waals surface area contributed by atoms with Crippen LogP contribution in [0.3, 0.4) is 0 Å². The first kappa shape index (κ1) is 17.6. The first-order valence-electron chi connectivity index (χ1n) is 7.89. The monoisotopic (exact) mass is 369 g/mol. The number of hydrogen-bond donors (Lipinski definition) is 1. The van der Waals surface area contributed by atoms with Crippen molar-refractivity contribution in [2.24, 2.45) is 0 Å². The van der Waals surface area contributed by atoms with Crippen molar-refractivity contribution in [1.82, 2.24) is 0 Å². The minimum atomic E-state index is -3.57. The number of thioether (sulfide) groups is 1. The van der Waals surface area contributed by atoms with Gasteiger partial charge in [0.1, 0.15) is 0 Å². The van der Waals surface area contributed by atoms with Crippen molar-refractivity contribution in [3.05, 3.63) is 90.0 Å². The Balaban J connectivity index is 1.72. The highest BCUT2D eigenvalue weighted by Crippen LogP contribution is 2.26. The first-order chi connectivity index (χ1) is 12.0. The van der Waals surface area contributed by atoms with Crippen molar-refractivity contribution < 1.29 is 8.42 Å². The molecule has 0 radical (unpaired) electrons. The van der Waals surface area contributed by atoms with E-state index in [0.29, 0.717) is 5.69 Å². The summed E-state index contributed by atoms with van der Waals surface area (Å²) in [5.74, 6) is 0.842. The molecule has 0 amide bonds. The Morgan fingerprint density at radius 1 is 0.880 bits per heavy atom. The Hall–Kier alpha value is -2.24. The summed E-state index contributed by atoms with van der Waals surface area (Å²) in [6.45, 7) is 1.93. The van der Waals surface area contributed by atoms with Gasteiger partial charge in [0.25, 0.3) is 10.0 Å². The standard InChI is InChI=1S/C20H19NO2S2/c1-16-10-12-20(13-11-16)25(22,23)21-18-8-5-9-19(14-18)24-15-17-6-3-2-4-7-17/h2-14,21H,15H2,1H3. The fourth-order valence-electron chi connectivity index (χ4n) is 2.32. The molecule has 25 heavy (non-hydrogen) atoms. The molecule has 0 saturated heterocycles. The summed E-state index contributed by atoms with van der Waals surface area (Å²) >= 11 is 1.68. The van der Waals surface area contributed by atoms with E-state index in [1.807, 2.05) is 43.3 Å². The predicted molar refractivity (Wildman–Crippen MR) is 104 cm³/mol. The van der Waals surface area contributed by atoms with Gasteiger partial charge in [-0.2, -0.15) is 0 Å². The SMILES string of the molecule is Cc1ccc(S(=O)(=O)Nc2cccc(SCc3ccccc3)c2)cc1. The van der Waals surface area contributed by atoms with Crippen LogP contribution in [0.2, 0.25) is 0 Å². The molecule has 3 rings (SSSR count). The molecule has 0 saturated carbocycles. The van der Waals surface area contributed by atoms with Gasteiger partial charge in [0.15, 0.2) is 0 Å². The molecular formula is C20H19NO2S2. The lowest BCUT2D eigenvalue weighted by Crippen LogP contribution is -2.12.